The van der Waals surface area contributed by atoms with E-state index in [1.54, 1.807) is 6.07 Å². The van der Waals surface area contributed by atoms with Crippen molar-refractivity contribution in [2.75, 3.05) is 24.6 Å². The lowest BCUT2D eigenvalue weighted by atomic mass is 10.2. The number of rotatable bonds is 13. The molecule has 0 fully saturated rings. The van der Waals surface area contributed by atoms with E-state index in [1.165, 1.54) is 0 Å². The van der Waals surface area contributed by atoms with Crippen molar-refractivity contribution in [3.63, 3.8) is 0 Å². The standard InChI is InChI=1S/C20H32N2O2S2/c1-4-8-19(23)17(5-2)13-21-11-12-25-26-15-16(3)22-14-18-9-6-7-10-20(18)24/h5-10,16,21-24H,4,11-15H2,1-3H3/b17-5-,19-8+. The summed E-state index contributed by atoms with van der Waals surface area (Å²) in [7, 11) is 3.71. The quantitative estimate of drug-likeness (QED) is 0.169. The van der Waals surface area contributed by atoms with Gasteiger partial charge in [0.05, 0.1) is 0 Å². The zero-order valence-corrected chi connectivity index (χ0v) is 17.6. The molecule has 1 aromatic carbocycles. The molecule has 1 unspecified atom stereocenters. The molecule has 0 aliphatic carbocycles. The normalized spacial score (nSPS) is 13.8. The van der Waals surface area contributed by atoms with Crippen LogP contribution in [0, 0.1) is 0 Å². The van der Waals surface area contributed by atoms with Crippen LogP contribution in [0.5, 0.6) is 5.75 Å². The number of aliphatic hydroxyl groups excluding tert-OH is 1. The molecular formula is C20H32N2O2S2. The summed E-state index contributed by atoms with van der Waals surface area (Å²) in [6.07, 6.45) is 4.63. The van der Waals surface area contributed by atoms with Crippen molar-refractivity contribution < 1.29 is 10.2 Å². The maximum Gasteiger partial charge on any atom is 0.120 e. The van der Waals surface area contributed by atoms with Crippen LogP contribution in [-0.4, -0.2) is 40.9 Å². The molecule has 0 saturated heterocycles. The number of nitrogens with one attached hydrogen (secondary N) is 2. The van der Waals surface area contributed by atoms with Crippen molar-refractivity contribution in [1.82, 2.24) is 10.6 Å². The second-order valence-corrected chi connectivity index (χ2v) is 8.63. The number of allylic oxidation sites excluding steroid dienone is 2. The number of phenolic OH excluding ortho intramolecular Hbond substituents is 1. The fourth-order valence-electron chi connectivity index (χ4n) is 2.21. The van der Waals surface area contributed by atoms with Gasteiger partial charge in [-0.25, -0.2) is 0 Å². The first-order valence-corrected chi connectivity index (χ1v) is 11.6. The summed E-state index contributed by atoms with van der Waals surface area (Å²) in [5.74, 6) is 2.76. The van der Waals surface area contributed by atoms with E-state index in [2.05, 4.69) is 17.6 Å². The van der Waals surface area contributed by atoms with E-state index in [9.17, 15) is 10.2 Å². The summed E-state index contributed by atoms with van der Waals surface area (Å²) in [4.78, 5) is 0. The Morgan fingerprint density at radius 1 is 1.27 bits per heavy atom. The van der Waals surface area contributed by atoms with Crippen molar-refractivity contribution in [1.29, 1.82) is 0 Å². The van der Waals surface area contributed by atoms with Crippen LogP contribution in [-0.2, 0) is 6.54 Å². The van der Waals surface area contributed by atoms with Gasteiger partial charge in [0.1, 0.15) is 11.5 Å². The first kappa shape index (κ1) is 23.0. The molecule has 0 aliphatic heterocycles. The van der Waals surface area contributed by atoms with E-state index in [4.69, 9.17) is 0 Å². The lowest BCUT2D eigenvalue weighted by molar-refractivity contribution is 0.416. The molecule has 4 N–H and O–H groups in total. The maximum atomic E-state index is 9.88. The molecule has 4 nitrogen and oxygen atoms in total. The van der Waals surface area contributed by atoms with Crippen molar-refractivity contribution in [3.05, 3.63) is 53.3 Å². The molecule has 6 heteroatoms. The fraction of sp³-hybridized carbons (Fsp3) is 0.500. The lowest BCUT2D eigenvalue weighted by Crippen LogP contribution is -2.27. The minimum Gasteiger partial charge on any atom is -0.508 e. The van der Waals surface area contributed by atoms with Gasteiger partial charge in [-0.1, -0.05) is 52.8 Å². The SMILES string of the molecule is C/C=C(CNCCSSCC(C)NCc1ccccc1O)\C(O)=C/CC. The molecule has 26 heavy (non-hydrogen) atoms. The van der Waals surface area contributed by atoms with E-state index in [-0.39, 0.29) is 0 Å². The van der Waals surface area contributed by atoms with Gasteiger partial charge in [-0.3, -0.25) is 0 Å². The Morgan fingerprint density at radius 3 is 2.73 bits per heavy atom. The van der Waals surface area contributed by atoms with Gasteiger partial charge in [0.2, 0.25) is 0 Å². The van der Waals surface area contributed by atoms with Gasteiger partial charge >= 0.3 is 0 Å². The minimum absolute atomic E-state index is 0.348. The molecule has 0 radical (unpaired) electrons. The summed E-state index contributed by atoms with van der Waals surface area (Å²) in [6, 6.07) is 7.82. The molecule has 0 aliphatic rings. The van der Waals surface area contributed by atoms with Gasteiger partial charge in [0.25, 0.3) is 0 Å². The number of phenols is 1. The molecule has 0 saturated carbocycles. The zero-order valence-electron chi connectivity index (χ0n) is 16.0. The number of aliphatic hydroxyl groups is 1. The number of hydrogen-bond donors (Lipinski definition) is 4. The molecule has 0 aromatic heterocycles. The molecule has 0 bridgehead atoms. The van der Waals surface area contributed by atoms with E-state index in [1.807, 2.05) is 65.8 Å². The average molecular weight is 397 g/mol. The first-order valence-electron chi connectivity index (χ1n) is 9.08. The molecule has 1 aromatic rings. The Balaban J connectivity index is 2.08. The van der Waals surface area contributed by atoms with Crippen molar-refractivity contribution in [3.8, 4) is 5.75 Å². The summed E-state index contributed by atoms with van der Waals surface area (Å²) in [6.45, 7) is 8.42. The van der Waals surface area contributed by atoms with Crippen molar-refractivity contribution >= 4 is 21.6 Å². The van der Waals surface area contributed by atoms with Gasteiger partial charge in [-0.05, 0) is 32.4 Å². The molecule has 146 valence electrons. The highest BCUT2D eigenvalue weighted by Gasteiger charge is 2.05. The number of benzene rings is 1. The molecule has 1 rings (SSSR count). The zero-order chi connectivity index (χ0) is 19.2. The predicted molar refractivity (Wildman–Crippen MR) is 117 cm³/mol. The summed E-state index contributed by atoms with van der Waals surface area (Å²) in [5.41, 5.74) is 1.88. The Morgan fingerprint density at radius 2 is 2.04 bits per heavy atom. The van der Waals surface area contributed by atoms with Crippen LogP contribution in [0.25, 0.3) is 0 Å². The van der Waals surface area contributed by atoms with Crippen LogP contribution in [0.15, 0.2) is 47.7 Å². The van der Waals surface area contributed by atoms with Crippen LogP contribution < -0.4 is 10.6 Å². The Labute approximate surface area is 165 Å². The fourth-order valence-corrected chi connectivity index (χ4v) is 4.48. The minimum atomic E-state index is 0.348. The van der Waals surface area contributed by atoms with Crippen LogP contribution in [0.3, 0.4) is 0 Å². The van der Waals surface area contributed by atoms with Gasteiger partial charge in [-0.15, -0.1) is 0 Å². The number of para-hydroxylation sites is 1. The number of hydrogen-bond acceptors (Lipinski definition) is 6. The predicted octanol–water partition coefficient (Wildman–Crippen LogP) is 4.64. The third-order valence-electron chi connectivity index (χ3n) is 3.79. The Hall–Kier alpha value is -1.08. The van der Waals surface area contributed by atoms with Crippen LogP contribution in [0.1, 0.15) is 32.8 Å². The van der Waals surface area contributed by atoms with Gasteiger partial charge in [0, 0.05) is 48.3 Å². The smallest absolute Gasteiger partial charge is 0.120 e. The molecule has 1 atom stereocenters. The largest absolute Gasteiger partial charge is 0.508 e. The maximum absolute atomic E-state index is 9.88. The van der Waals surface area contributed by atoms with E-state index in [0.29, 0.717) is 30.6 Å². The highest BCUT2D eigenvalue weighted by atomic mass is 33.1. The van der Waals surface area contributed by atoms with E-state index in [0.717, 1.165) is 35.6 Å². The summed E-state index contributed by atoms with van der Waals surface area (Å²) < 4.78 is 0. The van der Waals surface area contributed by atoms with Crippen LogP contribution in [0.2, 0.25) is 0 Å². The van der Waals surface area contributed by atoms with Gasteiger partial charge in [-0.2, -0.15) is 0 Å². The van der Waals surface area contributed by atoms with Crippen LogP contribution in [0.4, 0.5) is 0 Å². The third kappa shape index (κ3) is 9.57. The first-order chi connectivity index (χ1) is 12.6. The van der Waals surface area contributed by atoms with Crippen LogP contribution >= 0.6 is 21.6 Å². The van der Waals surface area contributed by atoms with Crippen molar-refractivity contribution in [2.45, 2.75) is 39.8 Å². The van der Waals surface area contributed by atoms with E-state index < -0.39 is 0 Å². The third-order valence-corrected chi connectivity index (χ3v) is 6.37. The highest BCUT2D eigenvalue weighted by Crippen LogP contribution is 2.22. The molecule has 0 amide bonds. The molecular weight excluding hydrogens is 364 g/mol. The molecule has 0 heterocycles. The summed E-state index contributed by atoms with van der Waals surface area (Å²) >= 11 is 0. The second kappa shape index (κ2) is 14.0. The van der Waals surface area contributed by atoms with Crippen molar-refractivity contribution in [2.24, 2.45) is 0 Å². The Bertz CT molecular complexity index is 577. The Kier molecular flexibility index (Phi) is 12.4. The lowest BCUT2D eigenvalue weighted by Gasteiger charge is -2.14. The second-order valence-electron chi connectivity index (χ2n) is 6.01. The summed E-state index contributed by atoms with van der Waals surface area (Å²) in [5, 5.41) is 26.5. The van der Waals surface area contributed by atoms with Gasteiger partial charge < -0.3 is 20.8 Å². The van der Waals surface area contributed by atoms with E-state index >= 15 is 0 Å². The average Bonchev–Trinajstić information content (AvgIpc) is 2.63. The monoisotopic (exact) mass is 396 g/mol. The number of aromatic hydroxyl groups is 1. The highest BCUT2D eigenvalue weighted by molar-refractivity contribution is 8.76. The van der Waals surface area contributed by atoms with Gasteiger partial charge in [0.15, 0.2) is 0 Å². The molecule has 0 spiro atoms. The topological polar surface area (TPSA) is 64.5 Å².